The highest BCUT2D eigenvalue weighted by atomic mass is 32.1. The number of benzene rings is 2. The topological polar surface area (TPSA) is 50.9 Å². The van der Waals surface area contributed by atoms with Crippen LogP contribution in [-0.2, 0) is 6.54 Å². The first kappa shape index (κ1) is 17.3. The molecule has 3 aromatic rings. The third-order valence-electron chi connectivity index (χ3n) is 5.27. The molecule has 0 atom stereocenters. The molecule has 4 rings (SSSR count). The molecule has 1 aliphatic carbocycles. The van der Waals surface area contributed by atoms with Crippen LogP contribution >= 0.6 is 11.3 Å². The molecule has 4 heteroatoms. The number of rotatable bonds is 5. The van der Waals surface area contributed by atoms with E-state index in [9.17, 15) is 0 Å². The Morgan fingerprint density at radius 1 is 1.00 bits per heavy atom. The molecule has 1 aromatic heterocycles. The van der Waals surface area contributed by atoms with Crippen LogP contribution in [0.4, 0.5) is 10.8 Å². The highest BCUT2D eigenvalue weighted by Crippen LogP contribution is 2.34. The number of thiazole rings is 1. The lowest BCUT2D eigenvalue weighted by atomic mass is 9.84. The van der Waals surface area contributed by atoms with Gasteiger partial charge in [0.1, 0.15) is 0 Å². The van der Waals surface area contributed by atoms with E-state index in [4.69, 9.17) is 10.7 Å². The fraction of sp³-hybridized carbons (Fsp3) is 0.318. The second-order valence-electron chi connectivity index (χ2n) is 6.98. The molecule has 0 amide bonds. The standard InChI is InChI=1S/C22H25N3S/c23-14-19-8-4-5-9-20(19)24-22-25-21(15-26-22)18-12-10-17(11-13-18)16-6-2-1-3-7-16/h4-5,8-13,15-16H,1-3,6-7,14,23H2,(H,24,25). The number of anilines is 2. The van der Waals surface area contributed by atoms with E-state index in [1.807, 2.05) is 24.3 Å². The van der Waals surface area contributed by atoms with Crippen molar-refractivity contribution < 1.29 is 0 Å². The summed E-state index contributed by atoms with van der Waals surface area (Å²) in [5, 5.41) is 6.42. The van der Waals surface area contributed by atoms with Crippen molar-refractivity contribution in [3.63, 3.8) is 0 Å². The van der Waals surface area contributed by atoms with Gasteiger partial charge in [-0.1, -0.05) is 61.7 Å². The number of para-hydroxylation sites is 1. The van der Waals surface area contributed by atoms with Crippen molar-refractivity contribution >= 4 is 22.2 Å². The lowest BCUT2D eigenvalue weighted by molar-refractivity contribution is 0.443. The van der Waals surface area contributed by atoms with Gasteiger partial charge in [0.05, 0.1) is 5.69 Å². The van der Waals surface area contributed by atoms with Gasteiger partial charge in [0.15, 0.2) is 5.13 Å². The highest BCUT2D eigenvalue weighted by Gasteiger charge is 2.15. The quantitative estimate of drug-likeness (QED) is 0.579. The maximum Gasteiger partial charge on any atom is 0.187 e. The summed E-state index contributed by atoms with van der Waals surface area (Å²) in [5.41, 5.74) is 11.6. The summed E-state index contributed by atoms with van der Waals surface area (Å²) >= 11 is 1.63. The van der Waals surface area contributed by atoms with Crippen LogP contribution in [0, 0.1) is 0 Å². The van der Waals surface area contributed by atoms with Crippen molar-refractivity contribution in [3.05, 3.63) is 65.0 Å². The van der Waals surface area contributed by atoms with Gasteiger partial charge in [0, 0.05) is 23.2 Å². The molecular formula is C22H25N3S. The number of aromatic nitrogens is 1. The van der Waals surface area contributed by atoms with E-state index in [1.165, 1.54) is 43.2 Å². The molecule has 1 heterocycles. The first-order chi connectivity index (χ1) is 12.8. The summed E-state index contributed by atoms with van der Waals surface area (Å²) in [6.45, 7) is 0.518. The average Bonchev–Trinajstić information content (AvgIpc) is 3.18. The predicted molar refractivity (Wildman–Crippen MR) is 111 cm³/mol. The third-order valence-corrected chi connectivity index (χ3v) is 6.02. The van der Waals surface area contributed by atoms with Crippen molar-refractivity contribution in [3.8, 4) is 11.3 Å². The summed E-state index contributed by atoms with van der Waals surface area (Å²) in [6.07, 6.45) is 6.82. The Labute approximate surface area is 159 Å². The van der Waals surface area contributed by atoms with E-state index in [2.05, 4.69) is 35.0 Å². The zero-order valence-corrected chi connectivity index (χ0v) is 15.8. The molecule has 1 fully saturated rings. The number of nitrogens with one attached hydrogen (secondary N) is 1. The second kappa shape index (κ2) is 8.02. The molecule has 2 aromatic carbocycles. The molecule has 3 N–H and O–H groups in total. The first-order valence-electron chi connectivity index (χ1n) is 9.44. The van der Waals surface area contributed by atoms with Gasteiger partial charge in [-0.3, -0.25) is 0 Å². The fourth-order valence-electron chi connectivity index (χ4n) is 3.76. The summed E-state index contributed by atoms with van der Waals surface area (Å²) < 4.78 is 0. The van der Waals surface area contributed by atoms with Crippen molar-refractivity contribution in [2.45, 2.75) is 44.6 Å². The lowest BCUT2D eigenvalue weighted by Gasteiger charge is -2.22. The van der Waals surface area contributed by atoms with Gasteiger partial charge in [0.25, 0.3) is 0 Å². The van der Waals surface area contributed by atoms with Crippen LogP contribution in [-0.4, -0.2) is 4.98 Å². The number of hydrogen-bond donors (Lipinski definition) is 2. The van der Waals surface area contributed by atoms with Crippen molar-refractivity contribution in [1.82, 2.24) is 4.98 Å². The molecule has 0 spiro atoms. The van der Waals surface area contributed by atoms with Gasteiger partial charge >= 0.3 is 0 Å². The first-order valence-corrected chi connectivity index (χ1v) is 10.3. The summed E-state index contributed by atoms with van der Waals surface area (Å²) in [7, 11) is 0. The molecule has 0 unspecified atom stereocenters. The maximum atomic E-state index is 5.82. The molecule has 1 aliphatic rings. The highest BCUT2D eigenvalue weighted by molar-refractivity contribution is 7.14. The Morgan fingerprint density at radius 3 is 2.54 bits per heavy atom. The van der Waals surface area contributed by atoms with Crippen LogP contribution in [0.5, 0.6) is 0 Å². The lowest BCUT2D eigenvalue weighted by Crippen LogP contribution is -2.04. The van der Waals surface area contributed by atoms with Crippen molar-refractivity contribution in [1.29, 1.82) is 0 Å². The van der Waals surface area contributed by atoms with Gasteiger partial charge < -0.3 is 11.1 Å². The van der Waals surface area contributed by atoms with Crippen LogP contribution in [0.15, 0.2) is 53.9 Å². The maximum absolute atomic E-state index is 5.82. The Hall–Kier alpha value is -2.17. The number of nitrogens with two attached hydrogens (primary N) is 1. The third kappa shape index (κ3) is 3.81. The molecule has 134 valence electrons. The minimum absolute atomic E-state index is 0.518. The SMILES string of the molecule is NCc1ccccc1Nc1nc(-c2ccc(C3CCCCC3)cc2)cs1. The molecule has 1 saturated carbocycles. The predicted octanol–water partition coefficient (Wildman–Crippen LogP) is 6.06. The van der Waals surface area contributed by atoms with E-state index in [0.717, 1.165) is 28.0 Å². The number of nitrogens with zero attached hydrogens (tertiary/aromatic N) is 1. The molecule has 0 aliphatic heterocycles. The van der Waals surface area contributed by atoms with E-state index in [0.29, 0.717) is 6.54 Å². The molecule has 26 heavy (non-hydrogen) atoms. The van der Waals surface area contributed by atoms with Gasteiger partial charge in [-0.15, -0.1) is 11.3 Å². The van der Waals surface area contributed by atoms with Crippen molar-refractivity contribution in [2.75, 3.05) is 5.32 Å². The smallest absolute Gasteiger partial charge is 0.187 e. The minimum atomic E-state index is 0.518. The van der Waals surface area contributed by atoms with Crippen molar-refractivity contribution in [2.24, 2.45) is 5.73 Å². The monoisotopic (exact) mass is 363 g/mol. The zero-order valence-electron chi connectivity index (χ0n) is 14.9. The van der Waals surface area contributed by atoms with E-state index >= 15 is 0 Å². The summed E-state index contributed by atoms with van der Waals surface area (Å²) in [6, 6.07) is 17.1. The van der Waals surface area contributed by atoms with Crippen LogP contribution in [0.1, 0.15) is 49.1 Å². The van der Waals surface area contributed by atoms with E-state index in [-0.39, 0.29) is 0 Å². The Bertz CT molecular complexity index is 848. The summed E-state index contributed by atoms with van der Waals surface area (Å²) in [5.74, 6) is 0.748. The molecule has 0 radical (unpaired) electrons. The fourth-order valence-corrected chi connectivity index (χ4v) is 4.49. The molecule has 3 nitrogen and oxygen atoms in total. The molecule has 0 saturated heterocycles. The van der Waals surface area contributed by atoms with Crippen LogP contribution in [0.25, 0.3) is 11.3 Å². The largest absolute Gasteiger partial charge is 0.331 e. The van der Waals surface area contributed by atoms with Crippen LogP contribution < -0.4 is 11.1 Å². The van der Waals surface area contributed by atoms with Crippen LogP contribution in [0.3, 0.4) is 0 Å². The average molecular weight is 364 g/mol. The second-order valence-corrected chi connectivity index (χ2v) is 7.84. The zero-order chi connectivity index (χ0) is 17.8. The summed E-state index contributed by atoms with van der Waals surface area (Å²) in [4.78, 5) is 4.76. The minimum Gasteiger partial charge on any atom is -0.331 e. The van der Waals surface area contributed by atoms with Crippen LogP contribution in [0.2, 0.25) is 0 Å². The Kier molecular flexibility index (Phi) is 5.32. The Morgan fingerprint density at radius 2 is 1.77 bits per heavy atom. The Balaban J connectivity index is 1.49. The van der Waals surface area contributed by atoms with E-state index in [1.54, 1.807) is 11.3 Å². The molecule has 0 bridgehead atoms. The van der Waals surface area contributed by atoms with Gasteiger partial charge in [-0.25, -0.2) is 4.98 Å². The normalized spacial score (nSPS) is 15.1. The van der Waals surface area contributed by atoms with Gasteiger partial charge in [-0.2, -0.15) is 0 Å². The molecular weight excluding hydrogens is 338 g/mol. The van der Waals surface area contributed by atoms with Gasteiger partial charge in [0.2, 0.25) is 0 Å². The van der Waals surface area contributed by atoms with E-state index < -0.39 is 0 Å². The number of hydrogen-bond acceptors (Lipinski definition) is 4. The van der Waals surface area contributed by atoms with Gasteiger partial charge in [-0.05, 0) is 36.0 Å².